The number of carbonyl (C=O) groups is 1. The number of likely N-dealkylation sites (tertiary alicyclic amines) is 1. The normalized spacial score (nSPS) is 22.5. The maximum atomic E-state index is 13.1. The summed E-state index contributed by atoms with van der Waals surface area (Å²) in [6, 6.07) is 3.96. The molecular weight excluding hydrogens is 396 g/mol. The van der Waals surface area contributed by atoms with Gasteiger partial charge in [-0.15, -0.1) is 0 Å². The molecule has 165 valence electrons. The summed E-state index contributed by atoms with van der Waals surface area (Å²) < 4.78 is 39.4. The zero-order valence-electron chi connectivity index (χ0n) is 17.0. The summed E-state index contributed by atoms with van der Waals surface area (Å²) in [5.74, 6) is -1.18. The molecule has 1 saturated heterocycles. The van der Waals surface area contributed by atoms with Gasteiger partial charge in [0.15, 0.2) is 0 Å². The standard InChI is InChI=1S/C21H29BF3N2O3/c23-21(24,25)16-5-3-14-4-6-18(17(14)13-16)27-11-7-15(8-12-27)20(26,19(28)29)9-1-2-10-22-30/h3,5,13,15,18,30H,1-2,4,6-12,26H2,(H,28,29). The number of unbranched alkanes of at least 4 members (excludes halogenated alkanes) is 1. The number of halogens is 3. The van der Waals surface area contributed by atoms with Crippen molar-refractivity contribution in [2.75, 3.05) is 13.1 Å². The first-order chi connectivity index (χ1) is 14.2. The second-order valence-corrected chi connectivity index (χ2v) is 8.55. The van der Waals surface area contributed by atoms with Crippen molar-refractivity contribution in [2.45, 2.75) is 69.0 Å². The molecule has 0 aromatic heterocycles. The van der Waals surface area contributed by atoms with Gasteiger partial charge in [-0.05, 0) is 74.4 Å². The van der Waals surface area contributed by atoms with E-state index in [1.165, 1.54) is 6.07 Å². The number of nitrogens with two attached hydrogens (primary N) is 1. The van der Waals surface area contributed by atoms with Crippen LogP contribution in [0.5, 0.6) is 0 Å². The highest BCUT2D eigenvalue weighted by Crippen LogP contribution is 2.42. The maximum absolute atomic E-state index is 13.1. The van der Waals surface area contributed by atoms with E-state index in [-0.39, 0.29) is 12.0 Å². The Bertz CT molecular complexity index is 754. The number of rotatable bonds is 8. The topological polar surface area (TPSA) is 86.8 Å². The Hall–Kier alpha value is -1.58. The van der Waals surface area contributed by atoms with E-state index in [2.05, 4.69) is 4.90 Å². The van der Waals surface area contributed by atoms with Crippen LogP contribution in [0.4, 0.5) is 13.2 Å². The number of hydrogen-bond acceptors (Lipinski definition) is 4. The van der Waals surface area contributed by atoms with Gasteiger partial charge in [0.05, 0.1) is 5.56 Å². The summed E-state index contributed by atoms with van der Waals surface area (Å²) in [6.45, 7) is 1.25. The minimum absolute atomic E-state index is 0.0552. The van der Waals surface area contributed by atoms with Crippen molar-refractivity contribution in [3.8, 4) is 0 Å². The first kappa shape index (κ1) is 23.1. The second kappa shape index (κ2) is 9.28. The quantitative estimate of drug-likeness (QED) is 0.439. The van der Waals surface area contributed by atoms with Crippen LogP contribution in [0, 0.1) is 5.92 Å². The fourth-order valence-corrected chi connectivity index (χ4v) is 5.00. The molecule has 4 N–H and O–H groups in total. The van der Waals surface area contributed by atoms with Gasteiger partial charge in [0.25, 0.3) is 7.48 Å². The van der Waals surface area contributed by atoms with Crippen LogP contribution in [0.2, 0.25) is 6.32 Å². The average molecular weight is 425 g/mol. The van der Waals surface area contributed by atoms with Gasteiger partial charge in [-0.3, -0.25) is 9.69 Å². The lowest BCUT2D eigenvalue weighted by Crippen LogP contribution is -2.57. The summed E-state index contributed by atoms with van der Waals surface area (Å²) >= 11 is 0. The number of aryl methyl sites for hydroxylation is 1. The van der Waals surface area contributed by atoms with Gasteiger partial charge in [-0.1, -0.05) is 25.2 Å². The van der Waals surface area contributed by atoms with Crippen LogP contribution >= 0.6 is 0 Å². The van der Waals surface area contributed by atoms with Gasteiger partial charge in [0.2, 0.25) is 0 Å². The third-order valence-corrected chi connectivity index (χ3v) is 6.79. The molecule has 0 amide bonds. The Morgan fingerprint density at radius 2 is 1.90 bits per heavy atom. The Labute approximate surface area is 175 Å². The van der Waals surface area contributed by atoms with Crippen molar-refractivity contribution in [3.05, 3.63) is 34.9 Å². The van der Waals surface area contributed by atoms with Gasteiger partial charge < -0.3 is 15.9 Å². The van der Waals surface area contributed by atoms with Crippen LogP contribution in [0.3, 0.4) is 0 Å². The molecule has 1 aromatic rings. The number of aliphatic carboxylic acids is 1. The number of alkyl halides is 3. The average Bonchev–Trinajstić information content (AvgIpc) is 3.13. The summed E-state index contributed by atoms with van der Waals surface area (Å²) in [5, 5.41) is 18.5. The lowest BCUT2D eigenvalue weighted by atomic mass is 9.74. The van der Waals surface area contributed by atoms with Crippen molar-refractivity contribution < 1.29 is 28.1 Å². The van der Waals surface area contributed by atoms with E-state index >= 15 is 0 Å². The zero-order valence-corrected chi connectivity index (χ0v) is 17.0. The van der Waals surface area contributed by atoms with E-state index in [0.29, 0.717) is 51.5 Å². The molecule has 2 aliphatic rings. The van der Waals surface area contributed by atoms with Gasteiger partial charge in [-0.25, -0.2) is 0 Å². The molecule has 1 fully saturated rings. The Balaban J connectivity index is 1.65. The van der Waals surface area contributed by atoms with E-state index in [1.807, 2.05) is 0 Å². The van der Waals surface area contributed by atoms with Crippen molar-refractivity contribution >= 4 is 13.5 Å². The number of piperidine rings is 1. The minimum Gasteiger partial charge on any atom is -0.480 e. The highest BCUT2D eigenvalue weighted by Gasteiger charge is 2.44. The number of carboxylic acid groups (broad SMARTS) is 1. The van der Waals surface area contributed by atoms with Crippen LogP contribution in [-0.4, -0.2) is 47.1 Å². The maximum Gasteiger partial charge on any atom is 0.416 e. The second-order valence-electron chi connectivity index (χ2n) is 8.55. The zero-order chi connectivity index (χ0) is 21.9. The Morgan fingerprint density at radius 3 is 2.50 bits per heavy atom. The van der Waals surface area contributed by atoms with Crippen LogP contribution < -0.4 is 5.73 Å². The molecule has 5 nitrogen and oxygen atoms in total. The van der Waals surface area contributed by atoms with Crippen molar-refractivity contribution in [3.63, 3.8) is 0 Å². The monoisotopic (exact) mass is 425 g/mol. The van der Waals surface area contributed by atoms with Crippen LogP contribution in [0.15, 0.2) is 18.2 Å². The van der Waals surface area contributed by atoms with Gasteiger partial charge in [0.1, 0.15) is 5.54 Å². The number of carboxylic acids is 1. The van der Waals surface area contributed by atoms with E-state index in [4.69, 9.17) is 10.8 Å². The van der Waals surface area contributed by atoms with E-state index in [0.717, 1.165) is 37.5 Å². The van der Waals surface area contributed by atoms with Gasteiger partial charge in [-0.2, -0.15) is 13.2 Å². The lowest BCUT2D eigenvalue weighted by Gasteiger charge is -2.42. The molecule has 1 heterocycles. The molecule has 0 spiro atoms. The summed E-state index contributed by atoms with van der Waals surface area (Å²) in [5.41, 5.74) is 6.12. The van der Waals surface area contributed by atoms with Crippen LogP contribution in [0.1, 0.15) is 61.3 Å². The first-order valence-corrected chi connectivity index (χ1v) is 10.6. The Morgan fingerprint density at radius 1 is 1.20 bits per heavy atom. The minimum atomic E-state index is -4.36. The highest BCUT2D eigenvalue weighted by molar-refractivity contribution is 6.25. The van der Waals surface area contributed by atoms with E-state index in [9.17, 15) is 23.1 Å². The Kier molecular flexibility index (Phi) is 7.14. The highest BCUT2D eigenvalue weighted by atomic mass is 19.4. The molecular formula is C21H29BF3N2O3. The molecule has 2 unspecified atom stereocenters. The summed E-state index contributed by atoms with van der Waals surface area (Å²) in [6.07, 6.45) is 0.569. The van der Waals surface area contributed by atoms with Gasteiger partial charge in [0, 0.05) is 6.04 Å². The molecule has 1 radical (unpaired) electrons. The third-order valence-electron chi connectivity index (χ3n) is 6.79. The fraction of sp³-hybridized carbons (Fsp3) is 0.667. The lowest BCUT2D eigenvalue weighted by molar-refractivity contribution is -0.147. The van der Waals surface area contributed by atoms with Crippen molar-refractivity contribution in [2.24, 2.45) is 11.7 Å². The first-order valence-electron chi connectivity index (χ1n) is 10.6. The van der Waals surface area contributed by atoms with Crippen molar-refractivity contribution in [1.29, 1.82) is 0 Å². The molecule has 9 heteroatoms. The summed E-state index contributed by atoms with van der Waals surface area (Å²) in [7, 11) is 1.07. The van der Waals surface area contributed by atoms with Crippen LogP contribution in [-0.2, 0) is 17.4 Å². The predicted molar refractivity (Wildman–Crippen MR) is 108 cm³/mol. The molecule has 0 bridgehead atoms. The SMILES string of the molecule is NC(CCCC[B]O)(C(=O)O)C1CCN(C2CCc3ccc(C(F)(F)F)cc32)CC1. The molecule has 1 aromatic carbocycles. The molecule has 0 saturated carbocycles. The fourth-order valence-electron chi connectivity index (χ4n) is 5.00. The van der Waals surface area contributed by atoms with Gasteiger partial charge >= 0.3 is 12.1 Å². The van der Waals surface area contributed by atoms with Crippen LogP contribution in [0.25, 0.3) is 0 Å². The molecule has 1 aliphatic heterocycles. The number of hydrogen-bond donors (Lipinski definition) is 3. The molecule has 1 aliphatic carbocycles. The molecule has 3 rings (SSSR count). The predicted octanol–water partition coefficient (Wildman–Crippen LogP) is 3.39. The van der Waals surface area contributed by atoms with Crippen molar-refractivity contribution in [1.82, 2.24) is 4.90 Å². The number of fused-ring (bicyclic) bond motifs is 1. The number of benzene rings is 1. The molecule has 2 atom stereocenters. The largest absolute Gasteiger partial charge is 0.480 e. The van der Waals surface area contributed by atoms with E-state index < -0.39 is 23.2 Å². The third kappa shape index (κ3) is 4.84. The smallest absolute Gasteiger partial charge is 0.416 e. The molecule has 30 heavy (non-hydrogen) atoms. The van der Waals surface area contributed by atoms with E-state index in [1.54, 1.807) is 6.07 Å². The number of nitrogens with zero attached hydrogens (tertiary/aromatic N) is 1. The summed E-state index contributed by atoms with van der Waals surface area (Å²) in [4.78, 5) is 14.1.